The largest absolute Gasteiger partial charge is 0.493 e. The van der Waals surface area contributed by atoms with Gasteiger partial charge in [0.1, 0.15) is 0 Å². The van der Waals surface area contributed by atoms with E-state index in [2.05, 4.69) is 13.8 Å². The summed E-state index contributed by atoms with van der Waals surface area (Å²) >= 11 is 0. The molecular weight excluding hydrogens is 474 g/mol. The van der Waals surface area contributed by atoms with Gasteiger partial charge in [-0.15, -0.1) is 0 Å². The van der Waals surface area contributed by atoms with Crippen LogP contribution < -0.4 is 13.8 Å². The molecule has 190 valence electrons. The van der Waals surface area contributed by atoms with E-state index in [-0.39, 0.29) is 4.90 Å². The zero-order valence-electron chi connectivity index (χ0n) is 21.4. The van der Waals surface area contributed by atoms with Crippen LogP contribution in [0.4, 0.5) is 5.69 Å². The minimum absolute atomic E-state index is 0.0391. The van der Waals surface area contributed by atoms with Crippen molar-refractivity contribution in [1.29, 1.82) is 0 Å². The second-order valence-corrected chi connectivity index (χ2v) is 10.7. The fourth-order valence-electron chi connectivity index (χ4n) is 3.57. The van der Waals surface area contributed by atoms with E-state index in [0.29, 0.717) is 40.8 Å². The third-order valence-electron chi connectivity index (χ3n) is 5.84. The molecule has 0 aliphatic rings. The van der Waals surface area contributed by atoms with Crippen LogP contribution in [0.3, 0.4) is 0 Å². The van der Waals surface area contributed by atoms with Gasteiger partial charge in [0, 0.05) is 6.08 Å². The SMILES string of the molecule is COc1cc(/C=C/C(=O)N(c2cccc(C)c2C)S(=O)(=O)c2ccccc2)ccc1OCCC(C)C. The second kappa shape index (κ2) is 11.9. The van der Waals surface area contributed by atoms with Crippen LogP contribution in [0.15, 0.2) is 77.7 Å². The molecule has 0 aliphatic carbocycles. The molecule has 0 atom stereocenters. The van der Waals surface area contributed by atoms with Crippen LogP contribution in [-0.4, -0.2) is 28.0 Å². The first-order valence-electron chi connectivity index (χ1n) is 11.8. The Morgan fingerprint density at radius 1 is 0.972 bits per heavy atom. The Morgan fingerprint density at radius 3 is 2.36 bits per heavy atom. The number of ether oxygens (including phenoxy) is 2. The number of sulfonamides is 1. The van der Waals surface area contributed by atoms with Gasteiger partial charge in [0.25, 0.3) is 15.9 Å². The van der Waals surface area contributed by atoms with Crippen molar-refractivity contribution in [2.75, 3.05) is 18.0 Å². The van der Waals surface area contributed by atoms with Crippen LogP contribution in [0.2, 0.25) is 0 Å². The van der Waals surface area contributed by atoms with Crippen LogP contribution >= 0.6 is 0 Å². The third-order valence-corrected chi connectivity index (χ3v) is 7.56. The van der Waals surface area contributed by atoms with Crippen LogP contribution in [0.5, 0.6) is 11.5 Å². The van der Waals surface area contributed by atoms with Crippen molar-refractivity contribution in [1.82, 2.24) is 0 Å². The first-order valence-corrected chi connectivity index (χ1v) is 13.3. The van der Waals surface area contributed by atoms with Crippen molar-refractivity contribution in [2.24, 2.45) is 5.92 Å². The molecule has 0 radical (unpaired) electrons. The number of nitrogens with zero attached hydrogens (tertiary/aromatic N) is 1. The number of hydrogen-bond acceptors (Lipinski definition) is 5. The number of amides is 1. The molecule has 0 bridgehead atoms. The molecule has 0 N–H and O–H groups in total. The molecule has 7 heteroatoms. The highest BCUT2D eigenvalue weighted by Crippen LogP contribution is 2.31. The van der Waals surface area contributed by atoms with Crippen molar-refractivity contribution < 1.29 is 22.7 Å². The molecule has 36 heavy (non-hydrogen) atoms. The Morgan fingerprint density at radius 2 is 1.69 bits per heavy atom. The predicted octanol–water partition coefficient (Wildman–Crippen LogP) is 6.17. The quantitative estimate of drug-likeness (QED) is 0.307. The van der Waals surface area contributed by atoms with Crippen LogP contribution in [0.25, 0.3) is 6.08 Å². The second-order valence-electron chi connectivity index (χ2n) is 8.91. The van der Waals surface area contributed by atoms with Gasteiger partial charge in [-0.3, -0.25) is 4.79 Å². The maximum atomic E-state index is 13.6. The van der Waals surface area contributed by atoms with Gasteiger partial charge in [-0.25, -0.2) is 8.42 Å². The highest BCUT2D eigenvalue weighted by atomic mass is 32.2. The topological polar surface area (TPSA) is 72.9 Å². The van der Waals surface area contributed by atoms with E-state index in [1.54, 1.807) is 68.6 Å². The van der Waals surface area contributed by atoms with E-state index < -0.39 is 15.9 Å². The summed E-state index contributed by atoms with van der Waals surface area (Å²) in [6.07, 6.45) is 3.75. The summed E-state index contributed by atoms with van der Waals surface area (Å²) < 4.78 is 39.3. The lowest BCUT2D eigenvalue weighted by Crippen LogP contribution is -2.36. The van der Waals surface area contributed by atoms with Gasteiger partial charge in [0.15, 0.2) is 11.5 Å². The standard InChI is InChI=1S/C29H33NO5S/c1-21(2)18-19-35-27-16-14-24(20-28(27)34-5)15-17-29(31)30(26-13-9-10-22(3)23(26)4)36(32,33)25-11-7-6-8-12-25/h6-17,20-21H,18-19H2,1-5H3/b17-15+. The Bertz CT molecular complexity index is 1330. The van der Waals surface area contributed by atoms with Crippen LogP contribution in [-0.2, 0) is 14.8 Å². The number of anilines is 1. The average Bonchev–Trinajstić information content (AvgIpc) is 2.86. The molecular formula is C29H33NO5S. The summed E-state index contributed by atoms with van der Waals surface area (Å²) in [6.45, 7) is 8.52. The van der Waals surface area contributed by atoms with Crippen molar-refractivity contribution >= 4 is 27.7 Å². The molecule has 3 aromatic rings. The third kappa shape index (κ3) is 6.34. The van der Waals surface area contributed by atoms with Crippen molar-refractivity contribution in [3.63, 3.8) is 0 Å². The summed E-state index contributed by atoms with van der Waals surface area (Å²) in [5.41, 5.74) is 2.59. The highest BCUT2D eigenvalue weighted by Gasteiger charge is 2.31. The normalized spacial score (nSPS) is 11.6. The molecule has 1 amide bonds. The predicted molar refractivity (Wildman–Crippen MR) is 144 cm³/mol. The van der Waals surface area contributed by atoms with E-state index in [9.17, 15) is 13.2 Å². The van der Waals surface area contributed by atoms with Crippen molar-refractivity contribution in [3.8, 4) is 11.5 Å². The number of methoxy groups -OCH3 is 1. The van der Waals surface area contributed by atoms with Crippen molar-refractivity contribution in [3.05, 3.63) is 89.5 Å². The Balaban J connectivity index is 1.95. The maximum Gasteiger partial charge on any atom is 0.271 e. The Hall–Kier alpha value is -3.58. The summed E-state index contributed by atoms with van der Waals surface area (Å²) in [6, 6.07) is 18.5. The highest BCUT2D eigenvalue weighted by molar-refractivity contribution is 7.93. The number of benzene rings is 3. The van der Waals surface area contributed by atoms with E-state index in [1.807, 2.05) is 13.0 Å². The lowest BCUT2D eigenvalue weighted by molar-refractivity contribution is -0.113. The molecule has 0 saturated carbocycles. The molecule has 0 aliphatic heterocycles. The summed E-state index contributed by atoms with van der Waals surface area (Å²) in [7, 11) is -2.59. The minimum Gasteiger partial charge on any atom is -0.493 e. The van der Waals surface area contributed by atoms with Crippen molar-refractivity contribution in [2.45, 2.75) is 39.0 Å². The zero-order valence-corrected chi connectivity index (χ0v) is 22.2. The zero-order chi connectivity index (χ0) is 26.3. The monoisotopic (exact) mass is 507 g/mol. The molecule has 3 aromatic carbocycles. The summed E-state index contributed by atoms with van der Waals surface area (Å²) in [5, 5.41) is 0. The fourth-order valence-corrected chi connectivity index (χ4v) is 5.03. The summed E-state index contributed by atoms with van der Waals surface area (Å²) in [4.78, 5) is 13.5. The lowest BCUT2D eigenvalue weighted by atomic mass is 10.1. The number of carbonyl (C=O) groups is 1. The lowest BCUT2D eigenvalue weighted by Gasteiger charge is -2.24. The van der Waals surface area contributed by atoms with E-state index in [4.69, 9.17) is 9.47 Å². The molecule has 3 rings (SSSR count). The van der Waals surface area contributed by atoms with E-state index in [1.165, 1.54) is 18.2 Å². The van der Waals surface area contributed by atoms with Gasteiger partial charge in [-0.05, 0) is 79.3 Å². The molecule has 6 nitrogen and oxygen atoms in total. The van der Waals surface area contributed by atoms with Gasteiger partial charge in [0.2, 0.25) is 0 Å². The van der Waals surface area contributed by atoms with Gasteiger partial charge in [-0.1, -0.05) is 50.2 Å². The van der Waals surface area contributed by atoms with Gasteiger partial charge in [0.05, 0.1) is 24.3 Å². The van der Waals surface area contributed by atoms with Gasteiger partial charge < -0.3 is 9.47 Å². The number of carbonyl (C=O) groups excluding carboxylic acids is 1. The summed E-state index contributed by atoms with van der Waals surface area (Å²) in [5.74, 6) is 1.00. The minimum atomic E-state index is -4.15. The first-order chi connectivity index (χ1) is 17.1. The van der Waals surface area contributed by atoms with Crippen LogP contribution in [0.1, 0.15) is 37.0 Å². The Labute approximate surface area is 214 Å². The molecule has 0 unspecified atom stereocenters. The van der Waals surface area contributed by atoms with E-state index >= 15 is 0 Å². The van der Waals surface area contributed by atoms with E-state index in [0.717, 1.165) is 16.3 Å². The molecule has 0 saturated heterocycles. The van der Waals surface area contributed by atoms with Gasteiger partial charge in [-0.2, -0.15) is 4.31 Å². The maximum absolute atomic E-state index is 13.6. The Kier molecular flexibility index (Phi) is 8.93. The van der Waals surface area contributed by atoms with Crippen LogP contribution in [0, 0.1) is 19.8 Å². The molecule has 0 heterocycles. The molecule has 0 aromatic heterocycles. The molecule has 0 fully saturated rings. The number of aryl methyl sites for hydroxylation is 1. The average molecular weight is 508 g/mol. The van der Waals surface area contributed by atoms with Gasteiger partial charge >= 0.3 is 0 Å². The fraction of sp³-hybridized carbons (Fsp3) is 0.276. The molecule has 0 spiro atoms. The number of hydrogen-bond donors (Lipinski definition) is 0. The first kappa shape index (κ1) is 27.0. The number of rotatable bonds is 10. The smallest absolute Gasteiger partial charge is 0.271 e.